The normalized spacial score (nSPS) is 16.1. The summed E-state index contributed by atoms with van der Waals surface area (Å²) in [6, 6.07) is 12.9. The number of benzene rings is 1. The topological polar surface area (TPSA) is 24.9 Å². The van der Waals surface area contributed by atoms with Gasteiger partial charge in [-0.2, -0.15) is 0 Å². The van der Waals surface area contributed by atoms with E-state index in [1.54, 1.807) is 6.20 Å². The van der Waals surface area contributed by atoms with Crippen molar-refractivity contribution in [1.82, 2.24) is 4.98 Å². The van der Waals surface area contributed by atoms with E-state index in [0.29, 0.717) is 11.2 Å². The van der Waals surface area contributed by atoms with E-state index in [-0.39, 0.29) is 0 Å². The first kappa shape index (κ1) is 12.9. The molecule has 1 aliphatic rings. The van der Waals surface area contributed by atoms with Gasteiger partial charge < -0.3 is 5.32 Å². The molecule has 1 unspecified atom stereocenters. The molecule has 1 fully saturated rings. The third-order valence-corrected chi connectivity index (χ3v) is 4.50. The Morgan fingerprint density at radius 3 is 2.63 bits per heavy atom. The van der Waals surface area contributed by atoms with E-state index in [4.69, 9.17) is 11.6 Å². The van der Waals surface area contributed by atoms with E-state index < -0.39 is 0 Å². The van der Waals surface area contributed by atoms with Crippen molar-refractivity contribution in [2.24, 2.45) is 5.92 Å². The first-order valence-electron chi connectivity index (χ1n) is 6.36. The van der Waals surface area contributed by atoms with Gasteiger partial charge in [0, 0.05) is 0 Å². The smallest absolute Gasteiger partial charge is 0.143 e. The molecule has 1 saturated carbocycles. The molecule has 1 atom stereocenters. The van der Waals surface area contributed by atoms with E-state index >= 15 is 0 Å². The summed E-state index contributed by atoms with van der Waals surface area (Å²) in [6.07, 6.45) is 4.36. The molecule has 0 spiro atoms. The number of aromatic nitrogens is 1. The number of nitrogens with zero attached hydrogens (tertiary/aromatic N) is 1. The molecule has 1 aliphatic carbocycles. The zero-order valence-electron chi connectivity index (χ0n) is 10.3. The molecule has 0 amide bonds. The Morgan fingerprint density at radius 1 is 1.26 bits per heavy atom. The maximum absolute atomic E-state index is 5.92. The predicted molar refractivity (Wildman–Crippen MR) is 82.5 cm³/mol. The van der Waals surface area contributed by atoms with E-state index in [1.165, 1.54) is 18.4 Å². The third kappa shape index (κ3) is 3.10. The lowest BCUT2D eigenvalue weighted by Gasteiger charge is -2.20. The fourth-order valence-electron chi connectivity index (χ4n) is 2.24. The van der Waals surface area contributed by atoms with Gasteiger partial charge in [0.15, 0.2) is 0 Å². The minimum atomic E-state index is 0.357. The Labute approximate surface area is 126 Å². The molecule has 3 rings (SSSR count). The fourth-order valence-corrected chi connectivity index (χ4v) is 2.70. The van der Waals surface area contributed by atoms with Crippen LogP contribution in [0.4, 0.5) is 5.69 Å². The second-order valence-electron chi connectivity index (χ2n) is 4.87. The number of hydrogen-bond acceptors (Lipinski definition) is 2. The number of rotatable bonds is 4. The lowest BCUT2D eigenvalue weighted by atomic mass is 10.0. The summed E-state index contributed by atoms with van der Waals surface area (Å²) >= 11 is 9.33. The highest BCUT2D eigenvalue weighted by Gasteiger charge is 2.32. The van der Waals surface area contributed by atoms with Crippen molar-refractivity contribution in [3.05, 3.63) is 57.8 Å². The number of hydrogen-bond donors (Lipinski definition) is 1. The largest absolute Gasteiger partial charge is 0.377 e. The van der Waals surface area contributed by atoms with E-state index in [1.807, 2.05) is 12.1 Å². The van der Waals surface area contributed by atoms with Gasteiger partial charge >= 0.3 is 0 Å². The first-order chi connectivity index (χ1) is 9.24. The van der Waals surface area contributed by atoms with Gasteiger partial charge in [-0.15, -0.1) is 0 Å². The maximum Gasteiger partial charge on any atom is 0.143 e. The first-order valence-corrected chi connectivity index (χ1v) is 7.53. The zero-order valence-corrected chi connectivity index (χ0v) is 12.7. The van der Waals surface area contributed by atoms with Gasteiger partial charge in [0.05, 0.1) is 22.4 Å². The van der Waals surface area contributed by atoms with Gasteiger partial charge in [0.1, 0.15) is 5.15 Å². The van der Waals surface area contributed by atoms with Crippen molar-refractivity contribution in [3.8, 4) is 0 Å². The van der Waals surface area contributed by atoms with Crippen molar-refractivity contribution >= 4 is 33.2 Å². The lowest BCUT2D eigenvalue weighted by molar-refractivity contribution is 0.678. The molecule has 0 bridgehead atoms. The van der Waals surface area contributed by atoms with Crippen molar-refractivity contribution < 1.29 is 0 Å². The van der Waals surface area contributed by atoms with E-state index in [2.05, 4.69) is 50.5 Å². The summed E-state index contributed by atoms with van der Waals surface area (Å²) < 4.78 is 0.821. The molecule has 2 nitrogen and oxygen atoms in total. The summed E-state index contributed by atoms with van der Waals surface area (Å²) in [5.74, 6) is 0.719. The van der Waals surface area contributed by atoms with Gasteiger partial charge in [0.25, 0.3) is 0 Å². The standard InChI is InChI=1S/C15H14BrClN2/c16-13-8-12(9-18-15(13)17)19-14(11-6-7-11)10-4-2-1-3-5-10/h1-5,8-9,11,14,19H,6-7H2. The average molecular weight is 338 g/mol. The van der Waals surface area contributed by atoms with Crippen LogP contribution in [0.2, 0.25) is 5.15 Å². The fraction of sp³-hybridized carbons (Fsp3) is 0.267. The zero-order chi connectivity index (χ0) is 13.2. The number of nitrogens with one attached hydrogen (secondary N) is 1. The Kier molecular flexibility index (Phi) is 3.76. The summed E-state index contributed by atoms with van der Waals surface area (Å²) in [5, 5.41) is 4.07. The molecule has 1 aromatic carbocycles. The van der Waals surface area contributed by atoms with Gasteiger partial charge in [-0.1, -0.05) is 41.9 Å². The number of halogens is 2. The highest BCUT2D eigenvalue weighted by molar-refractivity contribution is 9.10. The molecular weight excluding hydrogens is 324 g/mol. The maximum atomic E-state index is 5.92. The molecule has 0 aliphatic heterocycles. The second kappa shape index (κ2) is 5.51. The van der Waals surface area contributed by atoms with Crippen LogP contribution in [0.1, 0.15) is 24.4 Å². The van der Waals surface area contributed by atoms with Crippen LogP contribution in [-0.4, -0.2) is 4.98 Å². The minimum absolute atomic E-state index is 0.357. The van der Waals surface area contributed by atoms with Crippen molar-refractivity contribution in [2.75, 3.05) is 5.32 Å². The van der Waals surface area contributed by atoms with Gasteiger partial charge in [-0.3, -0.25) is 0 Å². The lowest BCUT2D eigenvalue weighted by Crippen LogP contribution is -2.13. The molecule has 0 radical (unpaired) electrons. The van der Waals surface area contributed by atoms with Crippen LogP contribution in [0.5, 0.6) is 0 Å². The summed E-state index contributed by atoms with van der Waals surface area (Å²) in [4.78, 5) is 4.16. The predicted octanol–water partition coefficient (Wildman–Crippen LogP) is 5.06. The molecular formula is C15H14BrClN2. The van der Waals surface area contributed by atoms with Crippen LogP contribution in [0.15, 0.2) is 47.1 Å². The van der Waals surface area contributed by atoms with E-state index in [9.17, 15) is 0 Å². The van der Waals surface area contributed by atoms with Crippen LogP contribution >= 0.6 is 27.5 Å². The minimum Gasteiger partial charge on any atom is -0.377 e. The van der Waals surface area contributed by atoms with Crippen LogP contribution in [0, 0.1) is 5.92 Å². The molecule has 98 valence electrons. The molecule has 1 N–H and O–H groups in total. The number of anilines is 1. The van der Waals surface area contributed by atoms with E-state index in [0.717, 1.165) is 16.1 Å². The van der Waals surface area contributed by atoms with Gasteiger partial charge in [0.2, 0.25) is 0 Å². The van der Waals surface area contributed by atoms with Gasteiger partial charge in [-0.25, -0.2) is 4.98 Å². The van der Waals surface area contributed by atoms with Crippen molar-refractivity contribution in [1.29, 1.82) is 0 Å². The Morgan fingerprint density at radius 2 is 2.00 bits per heavy atom. The number of pyridine rings is 1. The summed E-state index contributed by atoms with van der Waals surface area (Å²) in [6.45, 7) is 0. The molecule has 4 heteroatoms. The SMILES string of the molecule is Clc1ncc(NC(c2ccccc2)C2CC2)cc1Br. The monoisotopic (exact) mass is 336 g/mol. The highest BCUT2D eigenvalue weighted by atomic mass is 79.9. The molecule has 1 aromatic heterocycles. The van der Waals surface area contributed by atoms with Crippen LogP contribution in [0.3, 0.4) is 0 Å². The molecule has 0 saturated heterocycles. The van der Waals surface area contributed by atoms with Crippen LogP contribution < -0.4 is 5.32 Å². The van der Waals surface area contributed by atoms with Crippen molar-refractivity contribution in [2.45, 2.75) is 18.9 Å². The summed E-state index contributed by atoms with van der Waals surface area (Å²) in [5.41, 5.74) is 2.33. The third-order valence-electron chi connectivity index (χ3n) is 3.37. The van der Waals surface area contributed by atoms with Gasteiger partial charge in [-0.05, 0) is 46.3 Å². The quantitative estimate of drug-likeness (QED) is 0.789. The Hall–Kier alpha value is -1.06. The highest BCUT2D eigenvalue weighted by Crippen LogP contribution is 2.43. The summed E-state index contributed by atoms with van der Waals surface area (Å²) in [7, 11) is 0. The van der Waals surface area contributed by atoms with Crippen molar-refractivity contribution in [3.63, 3.8) is 0 Å². The molecule has 1 heterocycles. The second-order valence-corrected chi connectivity index (χ2v) is 6.08. The average Bonchev–Trinajstić information content (AvgIpc) is 3.25. The van der Waals surface area contributed by atoms with Crippen LogP contribution in [-0.2, 0) is 0 Å². The van der Waals surface area contributed by atoms with Crippen LogP contribution in [0.25, 0.3) is 0 Å². The Balaban J connectivity index is 1.84. The Bertz CT molecular complexity index is 570. The molecule has 2 aromatic rings. The molecule has 19 heavy (non-hydrogen) atoms.